The van der Waals surface area contributed by atoms with Gasteiger partial charge in [-0.05, 0) is 76.7 Å². The zero-order valence-electron chi connectivity index (χ0n) is 18.9. The van der Waals surface area contributed by atoms with E-state index < -0.39 is 0 Å². The molecule has 3 heterocycles. The quantitative estimate of drug-likeness (QED) is 0.786. The van der Waals surface area contributed by atoms with Crippen LogP contribution >= 0.6 is 0 Å². The van der Waals surface area contributed by atoms with E-state index >= 15 is 0 Å². The minimum absolute atomic E-state index is 0.0777. The number of hydrogen-bond acceptors (Lipinski definition) is 3. The molecule has 1 atom stereocenters. The summed E-state index contributed by atoms with van der Waals surface area (Å²) in [5.41, 5.74) is 2.50. The minimum Gasteiger partial charge on any atom is -0.352 e. The van der Waals surface area contributed by atoms with Crippen LogP contribution in [0.25, 0.3) is 10.9 Å². The molecule has 0 bridgehead atoms. The second-order valence-electron chi connectivity index (χ2n) is 9.77. The smallest absolute Gasteiger partial charge is 0.240 e. The van der Waals surface area contributed by atoms with Gasteiger partial charge in [0.05, 0.1) is 0 Å². The summed E-state index contributed by atoms with van der Waals surface area (Å²) >= 11 is 0. The molecule has 30 heavy (non-hydrogen) atoms. The first-order chi connectivity index (χ1) is 14.5. The average Bonchev–Trinajstić information content (AvgIpc) is 3.05. The van der Waals surface area contributed by atoms with E-state index in [0.717, 1.165) is 24.0 Å². The Bertz CT molecular complexity index is 850. The van der Waals surface area contributed by atoms with Crippen LogP contribution in [0.2, 0.25) is 0 Å². The molecule has 0 spiro atoms. The Morgan fingerprint density at radius 2 is 1.90 bits per heavy atom. The molecule has 1 amide bonds. The minimum atomic E-state index is 0.0777. The zero-order valence-corrected chi connectivity index (χ0v) is 18.9. The van der Waals surface area contributed by atoms with Gasteiger partial charge in [0.25, 0.3) is 0 Å². The number of nitrogens with zero attached hydrogens (tertiary/aromatic N) is 3. The Morgan fingerprint density at radius 3 is 2.63 bits per heavy atom. The summed E-state index contributed by atoms with van der Waals surface area (Å²) in [6.45, 7) is 12.7. The maximum atomic E-state index is 12.3. The lowest BCUT2D eigenvalue weighted by Gasteiger charge is -2.41. The van der Waals surface area contributed by atoms with Gasteiger partial charge in [-0.3, -0.25) is 9.69 Å². The molecule has 2 aliphatic rings. The van der Waals surface area contributed by atoms with E-state index in [4.69, 9.17) is 0 Å². The molecule has 1 aromatic carbocycles. The Morgan fingerprint density at radius 1 is 1.13 bits per heavy atom. The van der Waals surface area contributed by atoms with Gasteiger partial charge in [-0.2, -0.15) is 0 Å². The van der Waals surface area contributed by atoms with E-state index in [0.29, 0.717) is 6.54 Å². The van der Waals surface area contributed by atoms with Crippen molar-refractivity contribution in [3.63, 3.8) is 0 Å². The van der Waals surface area contributed by atoms with Gasteiger partial charge in [0.15, 0.2) is 0 Å². The van der Waals surface area contributed by atoms with Crippen LogP contribution < -0.4 is 5.32 Å². The van der Waals surface area contributed by atoms with Crippen molar-refractivity contribution in [3.8, 4) is 0 Å². The monoisotopic (exact) mass is 410 g/mol. The summed E-state index contributed by atoms with van der Waals surface area (Å²) in [5.74, 6) is 0.935. The average molecular weight is 411 g/mol. The van der Waals surface area contributed by atoms with Gasteiger partial charge in [-0.1, -0.05) is 25.1 Å². The number of likely N-dealkylation sites (tertiary alicyclic amines) is 2. The van der Waals surface area contributed by atoms with Gasteiger partial charge >= 0.3 is 0 Å². The number of carbonyl (C=O) groups is 1. The standard InChI is InChI=1S/C25H38N4O/c1-19(2)26-25(30)18-29-17-21(23-8-4-5-9-24(23)29)16-27-13-10-22(11-14-27)28-12-6-7-20(3)15-28/h4-5,8-9,17,19-20,22H,6-7,10-16,18H2,1-3H3,(H,26,30). The Kier molecular flexibility index (Phi) is 6.79. The van der Waals surface area contributed by atoms with E-state index in [1.807, 2.05) is 13.8 Å². The number of para-hydroxylation sites is 1. The van der Waals surface area contributed by atoms with Crippen LogP contribution in [0.3, 0.4) is 0 Å². The molecule has 4 rings (SSSR count). The van der Waals surface area contributed by atoms with Crippen LogP contribution in [0.5, 0.6) is 0 Å². The fourth-order valence-corrected chi connectivity index (χ4v) is 5.34. The van der Waals surface area contributed by atoms with Crippen molar-refractivity contribution >= 4 is 16.8 Å². The first-order valence-electron chi connectivity index (χ1n) is 11.8. The molecule has 0 radical (unpaired) electrons. The highest BCUT2D eigenvalue weighted by Crippen LogP contribution is 2.27. The summed E-state index contributed by atoms with van der Waals surface area (Å²) < 4.78 is 2.12. The van der Waals surface area contributed by atoms with Crippen LogP contribution in [0.15, 0.2) is 30.5 Å². The van der Waals surface area contributed by atoms with Crippen LogP contribution in [0, 0.1) is 5.92 Å². The molecular weight excluding hydrogens is 372 g/mol. The van der Waals surface area contributed by atoms with Crippen LogP contribution in [-0.2, 0) is 17.9 Å². The third kappa shape index (κ3) is 5.06. The van der Waals surface area contributed by atoms with Crippen molar-refractivity contribution in [1.29, 1.82) is 0 Å². The normalized spacial score (nSPS) is 22.1. The first-order valence-corrected chi connectivity index (χ1v) is 11.8. The van der Waals surface area contributed by atoms with Gasteiger partial charge in [0.1, 0.15) is 6.54 Å². The molecule has 2 aromatic rings. The van der Waals surface area contributed by atoms with Crippen molar-refractivity contribution < 1.29 is 4.79 Å². The van der Waals surface area contributed by atoms with E-state index in [1.165, 1.54) is 62.8 Å². The van der Waals surface area contributed by atoms with Crippen molar-refractivity contribution in [2.75, 3.05) is 26.2 Å². The number of benzene rings is 1. The number of rotatable bonds is 6. The summed E-state index contributed by atoms with van der Waals surface area (Å²) in [5, 5.41) is 4.29. The first kappa shape index (κ1) is 21.4. The molecule has 0 aliphatic carbocycles. The summed E-state index contributed by atoms with van der Waals surface area (Å²) in [6, 6.07) is 9.43. The summed E-state index contributed by atoms with van der Waals surface area (Å²) in [6.07, 6.45) is 7.52. The Balaban J connectivity index is 1.40. The predicted molar refractivity (Wildman–Crippen MR) is 123 cm³/mol. The number of fused-ring (bicyclic) bond motifs is 1. The lowest BCUT2D eigenvalue weighted by molar-refractivity contribution is -0.122. The van der Waals surface area contributed by atoms with Crippen molar-refractivity contribution in [2.45, 2.75) is 71.6 Å². The third-order valence-corrected chi connectivity index (χ3v) is 6.79. The van der Waals surface area contributed by atoms with Crippen LogP contribution in [0.4, 0.5) is 0 Å². The van der Waals surface area contributed by atoms with E-state index in [2.05, 4.69) is 57.1 Å². The van der Waals surface area contributed by atoms with Gasteiger partial charge in [-0.25, -0.2) is 0 Å². The summed E-state index contributed by atoms with van der Waals surface area (Å²) in [7, 11) is 0. The van der Waals surface area contributed by atoms with Crippen LogP contribution in [-0.4, -0.2) is 58.5 Å². The predicted octanol–water partition coefficient (Wildman–Crippen LogP) is 3.86. The number of carbonyl (C=O) groups excluding carboxylic acids is 1. The highest BCUT2D eigenvalue weighted by Gasteiger charge is 2.27. The SMILES string of the molecule is CC1CCCN(C2CCN(Cc3cn(CC(=O)NC(C)C)c4ccccc34)CC2)C1. The van der Waals surface area contributed by atoms with Gasteiger partial charge in [0.2, 0.25) is 5.91 Å². The van der Waals surface area contributed by atoms with Gasteiger partial charge < -0.3 is 14.8 Å². The van der Waals surface area contributed by atoms with E-state index in [9.17, 15) is 4.79 Å². The number of hydrogen-bond donors (Lipinski definition) is 1. The fourth-order valence-electron chi connectivity index (χ4n) is 5.34. The molecule has 5 nitrogen and oxygen atoms in total. The molecule has 1 N–H and O–H groups in total. The summed E-state index contributed by atoms with van der Waals surface area (Å²) in [4.78, 5) is 17.7. The molecule has 0 saturated carbocycles. The highest BCUT2D eigenvalue weighted by molar-refractivity contribution is 5.86. The van der Waals surface area contributed by atoms with Crippen molar-refractivity contribution in [1.82, 2.24) is 19.7 Å². The van der Waals surface area contributed by atoms with E-state index in [-0.39, 0.29) is 11.9 Å². The highest BCUT2D eigenvalue weighted by atomic mass is 16.2. The number of nitrogens with one attached hydrogen (secondary N) is 1. The van der Waals surface area contributed by atoms with Gasteiger partial charge in [-0.15, -0.1) is 0 Å². The second-order valence-corrected chi connectivity index (χ2v) is 9.77. The van der Waals surface area contributed by atoms with Crippen LogP contribution in [0.1, 0.15) is 52.0 Å². The second kappa shape index (κ2) is 9.52. The fraction of sp³-hybridized carbons (Fsp3) is 0.640. The molecule has 5 heteroatoms. The van der Waals surface area contributed by atoms with E-state index in [1.54, 1.807) is 0 Å². The molecule has 2 saturated heterocycles. The lowest BCUT2D eigenvalue weighted by Crippen LogP contribution is -2.47. The molecule has 2 aliphatic heterocycles. The lowest BCUT2D eigenvalue weighted by atomic mass is 9.95. The Hall–Kier alpha value is -1.85. The number of piperidine rings is 2. The molecule has 164 valence electrons. The van der Waals surface area contributed by atoms with Crippen molar-refractivity contribution in [2.24, 2.45) is 5.92 Å². The molecule has 2 fully saturated rings. The Labute approximate surface area is 181 Å². The van der Waals surface area contributed by atoms with Gasteiger partial charge in [0, 0.05) is 42.3 Å². The number of amides is 1. The third-order valence-electron chi connectivity index (χ3n) is 6.79. The maximum Gasteiger partial charge on any atom is 0.240 e. The molecule has 1 unspecified atom stereocenters. The molecular formula is C25H38N4O. The maximum absolute atomic E-state index is 12.3. The number of aromatic nitrogens is 1. The topological polar surface area (TPSA) is 40.5 Å². The molecule has 1 aromatic heterocycles. The zero-order chi connectivity index (χ0) is 21.1. The largest absolute Gasteiger partial charge is 0.352 e. The van der Waals surface area contributed by atoms with Crippen molar-refractivity contribution in [3.05, 3.63) is 36.0 Å².